The minimum absolute atomic E-state index is 0.102. The van der Waals surface area contributed by atoms with Crippen LogP contribution >= 0.6 is 23.2 Å². The lowest BCUT2D eigenvalue weighted by Crippen LogP contribution is -2.23. The second-order valence-corrected chi connectivity index (χ2v) is 7.50. The summed E-state index contributed by atoms with van der Waals surface area (Å²) in [5.74, 6) is -0.718. The summed E-state index contributed by atoms with van der Waals surface area (Å²) in [4.78, 5) is 41.5. The number of aromatic nitrogens is 2. The number of carbonyl (C=O) groups excluding carboxylic acids is 2. The largest absolute Gasteiger partial charge is 0.462 e. The second kappa shape index (κ2) is 9.97. The van der Waals surface area contributed by atoms with Crippen molar-refractivity contribution in [3.8, 4) is 23.0 Å². The molecule has 2 aromatic heterocycles. The summed E-state index contributed by atoms with van der Waals surface area (Å²) < 4.78 is 12.6. The number of benzene rings is 1. The van der Waals surface area contributed by atoms with E-state index in [1.165, 1.54) is 13.0 Å². The number of esters is 1. The number of rotatable bonds is 7. The van der Waals surface area contributed by atoms with E-state index in [4.69, 9.17) is 32.7 Å². The van der Waals surface area contributed by atoms with Crippen molar-refractivity contribution in [2.45, 2.75) is 27.3 Å². The Morgan fingerprint density at radius 1 is 1.06 bits per heavy atom. The molecular formula is C23H20Cl2N2O5. The highest BCUT2D eigenvalue weighted by molar-refractivity contribution is 6.42. The number of ketones is 1. The number of hydrogen-bond donors (Lipinski definition) is 0. The van der Waals surface area contributed by atoms with Crippen molar-refractivity contribution in [2.75, 3.05) is 6.61 Å². The first kappa shape index (κ1) is 23.5. The van der Waals surface area contributed by atoms with Crippen LogP contribution in [0.3, 0.4) is 0 Å². The maximum atomic E-state index is 13.0. The maximum absolute atomic E-state index is 13.0. The fraction of sp³-hybridized carbons (Fsp3) is 0.217. The molecule has 0 saturated heterocycles. The van der Waals surface area contributed by atoms with E-state index in [1.54, 1.807) is 47.9 Å². The van der Waals surface area contributed by atoms with E-state index in [9.17, 15) is 14.4 Å². The average molecular weight is 475 g/mol. The van der Waals surface area contributed by atoms with Crippen LogP contribution in [-0.4, -0.2) is 27.9 Å². The summed E-state index contributed by atoms with van der Waals surface area (Å²) >= 11 is 12.3. The van der Waals surface area contributed by atoms with E-state index < -0.39 is 11.4 Å². The minimum atomic E-state index is -0.760. The monoisotopic (exact) mass is 474 g/mol. The lowest BCUT2D eigenvalue weighted by atomic mass is 10.0. The molecule has 9 heteroatoms. The highest BCUT2D eigenvalue weighted by atomic mass is 35.5. The first-order valence-corrected chi connectivity index (χ1v) is 10.6. The number of Topliss-reactive ketones (excluding diaryl/α,β-unsaturated/α-hetero) is 1. The van der Waals surface area contributed by atoms with Crippen LogP contribution in [-0.2, 0) is 11.3 Å². The molecule has 166 valence electrons. The van der Waals surface area contributed by atoms with Crippen LogP contribution in [0.4, 0.5) is 0 Å². The Morgan fingerprint density at radius 3 is 2.44 bits per heavy atom. The van der Waals surface area contributed by atoms with Crippen molar-refractivity contribution < 1.29 is 19.1 Å². The van der Waals surface area contributed by atoms with Gasteiger partial charge in [0.25, 0.3) is 0 Å². The third kappa shape index (κ3) is 4.84. The van der Waals surface area contributed by atoms with Gasteiger partial charge in [-0.15, -0.1) is 0 Å². The van der Waals surface area contributed by atoms with Gasteiger partial charge < -0.3 is 14.0 Å². The van der Waals surface area contributed by atoms with Crippen LogP contribution in [0.2, 0.25) is 10.0 Å². The molecule has 0 amide bonds. The molecule has 0 aliphatic carbocycles. The Morgan fingerprint density at radius 2 is 1.81 bits per heavy atom. The van der Waals surface area contributed by atoms with Gasteiger partial charge in [-0.3, -0.25) is 9.59 Å². The lowest BCUT2D eigenvalue weighted by molar-refractivity contribution is 0.0524. The van der Waals surface area contributed by atoms with Crippen LogP contribution in [0.25, 0.3) is 11.3 Å². The minimum Gasteiger partial charge on any atom is -0.462 e. The number of carbonyl (C=O) groups is 2. The van der Waals surface area contributed by atoms with Gasteiger partial charge in [0.2, 0.25) is 17.2 Å². The Bertz CT molecular complexity index is 1250. The highest BCUT2D eigenvalue weighted by Gasteiger charge is 2.25. The fourth-order valence-electron chi connectivity index (χ4n) is 3.14. The Kier molecular flexibility index (Phi) is 7.33. The molecule has 1 aromatic carbocycles. The van der Waals surface area contributed by atoms with Gasteiger partial charge in [0.15, 0.2) is 5.78 Å². The summed E-state index contributed by atoms with van der Waals surface area (Å²) in [6, 6.07) is 10.7. The van der Waals surface area contributed by atoms with E-state index in [1.807, 2.05) is 6.92 Å². The molecule has 0 saturated carbocycles. The average Bonchev–Trinajstić information content (AvgIpc) is 2.75. The maximum Gasteiger partial charge on any atom is 0.344 e. The zero-order valence-electron chi connectivity index (χ0n) is 17.6. The smallest absolute Gasteiger partial charge is 0.344 e. The summed E-state index contributed by atoms with van der Waals surface area (Å²) in [6.07, 6.45) is 0. The van der Waals surface area contributed by atoms with Gasteiger partial charge in [0, 0.05) is 31.2 Å². The molecule has 0 bridgehead atoms. The molecule has 0 aliphatic heterocycles. The van der Waals surface area contributed by atoms with E-state index >= 15 is 0 Å². The summed E-state index contributed by atoms with van der Waals surface area (Å²) in [6.45, 7) is 5.31. The number of nitrogens with zero attached hydrogens (tertiary/aromatic N) is 2. The third-order valence-corrected chi connectivity index (χ3v) is 5.29. The Balaban J connectivity index is 2.26. The standard InChI is InChI=1S/C23H20Cl2N2O5/c1-4-27-20(32-19-8-6-7-17(26-19)13(3)28)12-18(29)21(23(30)31-5-2)22(27)14-9-10-15(24)16(25)11-14/h6-12H,4-5H2,1-3H3. The normalized spacial score (nSPS) is 10.7. The summed E-state index contributed by atoms with van der Waals surface area (Å²) in [5.41, 5.74) is 0.240. The first-order valence-electron chi connectivity index (χ1n) is 9.83. The van der Waals surface area contributed by atoms with Crippen LogP contribution in [0, 0.1) is 0 Å². The Labute approximate surface area is 194 Å². The predicted molar refractivity (Wildman–Crippen MR) is 122 cm³/mol. The number of pyridine rings is 2. The van der Waals surface area contributed by atoms with Gasteiger partial charge in [-0.25, -0.2) is 9.78 Å². The molecule has 0 unspecified atom stereocenters. The van der Waals surface area contributed by atoms with Gasteiger partial charge in [0.05, 0.1) is 22.3 Å². The van der Waals surface area contributed by atoms with Gasteiger partial charge in [-0.2, -0.15) is 0 Å². The van der Waals surface area contributed by atoms with Crippen molar-refractivity contribution >= 4 is 35.0 Å². The number of halogens is 2. The van der Waals surface area contributed by atoms with E-state index in [0.717, 1.165) is 0 Å². The zero-order valence-corrected chi connectivity index (χ0v) is 19.2. The van der Waals surface area contributed by atoms with Gasteiger partial charge in [0.1, 0.15) is 11.3 Å². The summed E-state index contributed by atoms with van der Waals surface area (Å²) in [7, 11) is 0. The molecular weight excluding hydrogens is 455 g/mol. The van der Waals surface area contributed by atoms with Crippen molar-refractivity contribution in [1.29, 1.82) is 0 Å². The third-order valence-electron chi connectivity index (χ3n) is 4.56. The van der Waals surface area contributed by atoms with Gasteiger partial charge >= 0.3 is 5.97 Å². The molecule has 0 atom stereocenters. The Hall–Kier alpha value is -3.16. The molecule has 32 heavy (non-hydrogen) atoms. The van der Waals surface area contributed by atoms with E-state index in [-0.39, 0.29) is 46.1 Å². The number of ether oxygens (including phenoxy) is 2. The molecule has 3 aromatic rings. The molecule has 0 radical (unpaired) electrons. The summed E-state index contributed by atoms with van der Waals surface area (Å²) in [5, 5.41) is 0.590. The number of hydrogen-bond acceptors (Lipinski definition) is 6. The van der Waals surface area contributed by atoms with Crippen LogP contribution in [0.5, 0.6) is 11.8 Å². The van der Waals surface area contributed by atoms with Crippen molar-refractivity contribution in [3.05, 3.63) is 74.0 Å². The lowest BCUT2D eigenvalue weighted by Gasteiger charge is -2.20. The molecule has 0 aliphatic rings. The molecule has 7 nitrogen and oxygen atoms in total. The second-order valence-electron chi connectivity index (χ2n) is 6.68. The van der Waals surface area contributed by atoms with Crippen LogP contribution in [0.15, 0.2) is 47.3 Å². The van der Waals surface area contributed by atoms with E-state index in [2.05, 4.69) is 4.98 Å². The molecule has 3 rings (SSSR count). The predicted octanol–water partition coefficient (Wildman–Crippen LogP) is 5.41. The highest BCUT2D eigenvalue weighted by Crippen LogP contribution is 2.33. The van der Waals surface area contributed by atoms with Crippen LogP contribution < -0.4 is 10.2 Å². The van der Waals surface area contributed by atoms with Crippen molar-refractivity contribution in [3.63, 3.8) is 0 Å². The quantitative estimate of drug-likeness (QED) is 0.336. The van der Waals surface area contributed by atoms with E-state index in [0.29, 0.717) is 17.1 Å². The topological polar surface area (TPSA) is 87.5 Å². The van der Waals surface area contributed by atoms with Crippen LogP contribution in [0.1, 0.15) is 41.6 Å². The zero-order chi connectivity index (χ0) is 23.4. The molecule has 0 N–H and O–H groups in total. The fourth-order valence-corrected chi connectivity index (χ4v) is 3.44. The SMILES string of the molecule is CCOC(=O)c1c(-c2ccc(Cl)c(Cl)c2)n(CC)c(Oc2cccc(C(C)=O)n2)cc1=O. The van der Waals surface area contributed by atoms with Crippen molar-refractivity contribution in [1.82, 2.24) is 9.55 Å². The first-order chi connectivity index (χ1) is 15.3. The van der Waals surface area contributed by atoms with Gasteiger partial charge in [-0.05, 0) is 32.0 Å². The molecule has 2 heterocycles. The van der Waals surface area contributed by atoms with Gasteiger partial charge in [-0.1, -0.05) is 35.3 Å². The molecule has 0 spiro atoms. The van der Waals surface area contributed by atoms with Crippen molar-refractivity contribution in [2.24, 2.45) is 0 Å². The molecule has 0 fully saturated rings.